The van der Waals surface area contributed by atoms with E-state index in [1.165, 1.54) is 6.07 Å². The van der Waals surface area contributed by atoms with Gasteiger partial charge in [0.15, 0.2) is 6.61 Å². The number of ether oxygens (including phenoxy) is 1. The number of hydrogen-bond donors (Lipinski definition) is 5. The van der Waals surface area contributed by atoms with Crippen molar-refractivity contribution in [3.63, 3.8) is 0 Å². The van der Waals surface area contributed by atoms with Crippen molar-refractivity contribution in [3.05, 3.63) is 42.0 Å². The zero-order valence-electron chi connectivity index (χ0n) is 12.4. The largest absolute Gasteiger partial charge is 0.507 e. The Kier molecular flexibility index (Phi) is 3.78. The second-order valence-corrected chi connectivity index (χ2v) is 5.09. The third-order valence-electron chi connectivity index (χ3n) is 3.38. The van der Waals surface area contributed by atoms with Crippen LogP contribution in [0.15, 0.2) is 36.4 Å². The van der Waals surface area contributed by atoms with Gasteiger partial charge in [0, 0.05) is 11.6 Å². The lowest BCUT2D eigenvalue weighted by Crippen LogP contribution is -2.10. The van der Waals surface area contributed by atoms with Gasteiger partial charge in [-0.05, 0) is 30.3 Å². The minimum atomic E-state index is -1.10. The average molecular weight is 326 g/mol. The average Bonchev–Trinajstić information content (AvgIpc) is 2.95. The van der Waals surface area contributed by atoms with Crippen LogP contribution in [-0.2, 0) is 4.79 Å². The van der Waals surface area contributed by atoms with Crippen molar-refractivity contribution in [1.82, 2.24) is 9.97 Å². The van der Waals surface area contributed by atoms with E-state index in [-0.39, 0.29) is 17.3 Å². The number of carboxylic acids is 1. The highest BCUT2D eigenvalue weighted by molar-refractivity contribution is 5.98. The molecule has 0 aliphatic heterocycles. The summed E-state index contributed by atoms with van der Waals surface area (Å²) in [6.07, 6.45) is 0. The van der Waals surface area contributed by atoms with Gasteiger partial charge in [-0.1, -0.05) is 0 Å². The van der Waals surface area contributed by atoms with Gasteiger partial charge in [0.1, 0.15) is 23.2 Å². The Morgan fingerprint density at radius 2 is 2.08 bits per heavy atom. The Labute approximate surface area is 136 Å². The summed E-state index contributed by atoms with van der Waals surface area (Å²) in [5, 5.41) is 26.2. The lowest BCUT2D eigenvalue weighted by Gasteiger charge is -2.06. The molecule has 0 fully saturated rings. The quantitative estimate of drug-likeness (QED) is 0.356. The number of benzene rings is 2. The number of nitrogens with two attached hydrogens (primary N) is 1. The molecule has 2 aromatic carbocycles. The number of hydrogen-bond acceptors (Lipinski definition) is 5. The summed E-state index contributed by atoms with van der Waals surface area (Å²) in [7, 11) is 0. The van der Waals surface area contributed by atoms with Gasteiger partial charge in [-0.2, -0.15) is 0 Å². The fraction of sp³-hybridized carbons (Fsp3) is 0.0625. The van der Waals surface area contributed by atoms with E-state index in [2.05, 4.69) is 9.97 Å². The molecule has 0 bridgehead atoms. The molecule has 0 aliphatic rings. The van der Waals surface area contributed by atoms with E-state index in [4.69, 9.17) is 21.0 Å². The maximum absolute atomic E-state index is 10.5. The van der Waals surface area contributed by atoms with Crippen LogP contribution in [-0.4, -0.2) is 38.6 Å². The molecule has 0 unspecified atom stereocenters. The highest BCUT2D eigenvalue weighted by atomic mass is 16.5. The van der Waals surface area contributed by atoms with Crippen molar-refractivity contribution >= 4 is 22.8 Å². The van der Waals surface area contributed by atoms with Gasteiger partial charge in [-0.25, -0.2) is 9.78 Å². The molecule has 0 spiro atoms. The van der Waals surface area contributed by atoms with Crippen molar-refractivity contribution < 1.29 is 19.7 Å². The van der Waals surface area contributed by atoms with Gasteiger partial charge in [0.05, 0.1) is 16.6 Å². The molecule has 8 nitrogen and oxygen atoms in total. The molecule has 1 aromatic heterocycles. The molecule has 0 saturated heterocycles. The molecular weight excluding hydrogens is 312 g/mol. The number of aromatic nitrogens is 2. The maximum Gasteiger partial charge on any atom is 0.341 e. The van der Waals surface area contributed by atoms with Gasteiger partial charge in [0.25, 0.3) is 0 Å². The fourth-order valence-corrected chi connectivity index (χ4v) is 2.25. The molecular formula is C16H14N4O4. The Morgan fingerprint density at radius 1 is 1.29 bits per heavy atom. The minimum Gasteiger partial charge on any atom is -0.507 e. The second kappa shape index (κ2) is 5.92. The fourth-order valence-electron chi connectivity index (χ4n) is 2.25. The monoisotopic (exact) mass is 326 g/mol. The Morgan fingerprint density at radius 3 is 2.75 bits per heavy atom. The number of nitrogens with one attached hydrogen (secondary N) is 2. The molecule has 3 aromatic rings. The van der Waals surface area contributed by atoms with Crippen LogP contribution in [0.1, 0.15) is 5.56 Å². The standard InChI is InChI=1S/C16H14N4O4/c17-15(18)8-1-4-11-12(5-8)20-16(19-11)10-3-2-9(6-13(10)21)24-7-14(22)23/h1-6,21H,7H2,(H3,17,18)(H,19,20)(H,22,23). The van der Waals surface area contributed by atoms with E-state index in [1.54, 1.807) is 30.3 Å². The Balaban J connectivity index is 1.95. The molecule has 24 heavy (non-hydrogen) atoms. The summed E-state index contributed by atoms with van der Waals surface area (Å²) >= 11 is 0. The molecule has 122 valence electrons. The summed E-state index contributed by atoms with van der Waals surface area (Å²) in [6, 6.07) is 9.58. The predicted molar refractivity (Wildman–Crippen MR) is 87.3 cm³/mol. The van der Waals surface area contributed by atoms with Crippen LogP contribution in [0.3, 0.4) is 0 Å². The first-order valence-electron chi connectivity index (χ1n) is 6.96. The highest BCUT2D eigenvalue weighted by Gasteiger charge is 2.12. The molecule has 0 radical (unpaired) electrons. The molecule has 0 atom stereocenters. The van der Waals surface area contributed by atoms with E-state index in [9.17, 15) is 9.90 Å². The Bertz CT molecular complexity index is 948. The van der Waals surface area contributed by atoms with E-state index < -0.39 is 12.6 Å². The Hall–Kier alpha value is -3.55. The summed E-state index contributed by atoms with van der Waals surface area (Å²) < 4.78 is 5.01. The summed E-state index contributed by atoms with van der Waals surface area (Å²) in [4.78, 5) is 17.9. The number of imidazole rings is 1. The first-order valence-corrected chi connectivity index (χ1v) is 6.96. The molecule has 0 amide bonds. The maximum atomic E-state index is 10.5. The third-order valence-corrected chi connectivity index (χ3v) is 3.38. The summed E-state index contributed by atoms with van der Waals surface area (Å²) in [6.45, 7) is -0.489. The third kappa shape index (κ3) is 2.98. The van der Waals surface area contributed by atoms with Crippen molar-refractivity contribution in [2.75, 3.05) is 6.61 Å². The predicted octanol–water partition coefficient (Wildman–Crippen LogP) is 1.68. The van der Waals surface area contributed by atoms with Crippen LogP contribution in [0, 0.1) is 5.41 Å². The molecule has 0 aliphatic carbocycles. The number of H-pyrrole nitrogens is 1. The number of aromatic amines is 1. The minimum absolute atomic E-state index is 0.0455. The molecule has 8 heteroatoms. The number of phenols is 1. The zero-order valence-corrected chi connectivity index (χ0v) is 12.4. The van der Waals surface area contributed by atoms with Gasteiger partial charge in [-0.3, -0.25) is 5.41 Å². The van der Waals surface area contributed by atoms with Crippen LogP contribution in [0.5, 0.6) is 11.5 Å². The number of carbonyl (C=O) groups is 1. The lowest BCUT2D eigenvalue weighted by molar-refractivity contribution is -0.139. The summed E-state index contributed by atoms with van der Waals surface area (Å²) in [5.74, 6) is -0.557. The first-order chi connectivity index (χ1) is 11.4. The molecule has 3 rings (SSSR count). The van der Waals surface area contributed by atoms with Gasteiger partial charge >= 0.3 is 5.97 Å². The number of carboxylic acid groups (broad SMARTS) is 1. The van der Waals surface area contributed by atoms with Crippen LogP contribution >= 0.6 is 0 Å². The van der Waals surface area contributed by atoms with E-state index in [0.29, 0.717) is 28.0 Å². The van der Waals surface area contributed by atoms with Crippen LogP contribution in [0.4, 0.5) is 0 Å². The molecule has 1 heterocycles. The molecule has 0 saturated carbocycles. The normalized spacial score (nSPS) is 10.7. The number of rotatable bonds is 5. The van der Waals surface area contributed by atoms with Crippen LogP contribution in [0.25, 0.3) is 22.4 Å². The highest BCUT2D eigenvalue weighted by Crippen LogP contribution is 2.32. The first kappa shape index (κ1) is 15.3. The number of amidine groups is 1. The number of aliphatic carboxylic acids is 1. The number of nitrogen functional groups attached to an aromatic ring is 1. The zero-order chi connectivity index (χ0) is 17.3. The van der Waals surface area contributed by atoms with Crippen molar-refractivity contribution in [3.8, 4) is 22.9 Å². The van der Waals surface area contributed by atoms with Crippen LogP contribution in [0.2, 0.25) is 0 Å². The number of aromatic hydroxyl groups is 1. The topological polar surface area (TPSA) is 145 Å². The van der Waals surface area contributed by atoms with Crippen molar-refractivity contribution in [2.24, 2.45) is 5.73 Å². The smallest absolute Gasteiger partial charge is 0.341 e. The van der Waals surface area contributed by atoms with Crippen molar-refractivity contribution in [2.45, 2.75) is 0 Å². The number of phenolic OH excluding ortho intramolecular Hbond substituents is 1. The van der Waals surface area contributed by atoms with Crippen LogP contribution < -0.4 is 10.5 Å². The summed E-state index contributed by atoms with van der Waals surface area (Å²) in [5.41, 5.74) is 7.83. The number of nitrogens with zero attached hydrogens (tertiary/aromatic N) is 1. The second-order valence-electron chi connectivity index (χ2n) is 5.09. The molecule has 6 N–H and O–H groups in total. The van der Waals surface area contributed by atoms with E-state index in [1.807, 2.05) is 0 Å². The SMILES string of the molecule is N=C(N)c1ccc2nc(-c3ccc(OCC(=O)O)cc3O)[nH]c2c1. The van der Waals surface area contributed by atoms with Gasteiger partial charge in [-0.15, -0.1) is 0 Å². The van der Waals surface area contributed by atoms with Gasteiger partial charge in [0.2, 0.25) is 0 Å². The van der Waals surface area contributed by atoms with Gasteiger partial charge < -0.3 is 25.7 Å². The van der Waals surface area contributed by atoms with E-state index >= 15 is 0 Å². The number of fused-ring (bicyclic) bond motifs is 1. The van der Waals surface area contributed by atoms with E-state index in [0.717, 1.165) is 0 Å². The van der Waals surface area contributed by atoms with Crippen molar-refractivity contribution in [1.29, 1.82) is 5.41 Å². The lowest BCUT2D eigenvalue weighted by atomic mass is 10.2.